The van der Waals surface area contributed by atoms with Crippen molar-refractivity contribution < 1.29 is 9.53 Å². The summed E-state index contributed by atoms with van der Waals surface area (Å²) in [5.74, 6) is 0.304. The van der Waals surface area contributed by atoms with Crippen molar-refractivity contribution in [2.75, 3.05) is 6.61 Å². The molecule has 1 unspecified atom stereocenters. The van der Waals surface area contributed by atoms with Crippen molar-refractivity contribution in [3.05, 3.63) is 87.1 Å². The van der Waals surface area contributed by atoms with Gasteiger partial charge in [-0.2, -0.15) is 5.10 Å². The molecule has 1 atom stereocenters. The van der Waals surface area contributed by atoms with Gasteiger partial charge in [0.1, 0.15) is 6.10 Å². The van der Waals surface area contributed by atoms with Crippen LogP contribution in [0.25, 0.3) is 0 Å². The van der Waals surface area contributed by atoms with Crippen LogP contribution in [0.1, 0.15) is 29.5 Å². The van der Waals surface area contributed by atoms with Crippen molar-refractivity contribution in [2.24, 2.45) is 0 Å². The van der Waals surface area contributed by atoms with E-state index in [1.165, 1.54) is 4.68 Å². The van der Waals surface area contributed by atoms with E-state index >= 15 is 0 Å². The first-order valence-electron chi connectivity index (χ1n) is 9.45. The fraction of sp³-hybridized carbons (Fsp3) is 0.286. The molecular weight excluding hydrogens is 392 g/mol. The van der Waals surface area contributed by atoms with E-state index in [4.69, 9.17) is 16.3 Å². The molecule has 29 heavy (non-hydrogen) atoms. The SMILES string of the molecule is O=C(CC1OCCn2c1nn(Cc1ccccc1)c2=O)NCc1ccccc1Cl. The number of carbonyl (C=O) groups excluding carboxylic acids is 1. The number of ether oxygens (including phenoxy) is 1. The lowest BCUT2D eigenvalue weighted by atomic mass is 10.2. The van der Waals surface area contributed by atoms with Crippen molar-refractivity contribution in [3.8, 4) is 0 Å². The Bertz CT molecular complexity index is 1060. The Labute approximate surface area is 172 Å². The Morgan fingerprint density at radius 1 is 1.17 bits per heavy atom. The van der Waals surface area contributed by atoms with Gasteiger partial charge in [0, 0.05) is 11.6 Å². The number of hydrogen-bond acceptors (Lipinski definition) is 4. The summed E-state index contributed by atoms with van der Waals surface area (Å²) in [6.45, 7) is 1.51. The van der Waals surface area contributed by atoms with Crippen molar-refractivity contribution in [2.45, 2.75) is 32.2 Å². The third-order valence-corrected chi connectivity index (χ3v) is 5.22. The van der Waals surface area contributed by atoms with Crippen molar-refractivity contribution in [3.63, 3.8) is 0 Å². The van der Waals surface area contributed by atoms with Crippen LogP contribution in [0, 0.1) is 0 Å². The predicted octanol–water partition coefficient (Wildman–Crippen LogP) is 2.52. The highest BCUT2D eigenvalue weighted by Gasteiger charge is 2.28. The smallest absolute Gasteiger partial charge is 0.346 e. The number of nitrogens with zero attached hydrogens (tertiary/aromatic N) is 3. The number of nitrogens with one attached hydrogen (secondary N) is 1. The molecule has 0 bridgehead atoms. The Kier molecular flexibility index (Phi) is 5.78. The molecule has 0 aliphatic carbocycles. The first kappa shape index (κ1) is 19.4. The maximum atomic E-state index is 12.7. The third kappa shape index (κ3) is 4.41. The lowest BCUT2D eigenvalue weighted by molar-refractivity contribution is -0.125. The van der Waals surface area contributed by atoms with Gasteiger partial charge in [-0.1, -0.05) is 60.1 Å². The van der Waals surface area contributed by atoms with E-state index in [0.717, 1.165) is 11.1 Å². The quantitative estimate of drug-likeness (QED) is 0.674. The summed E-state index contributed by atoms with van der Waals surface area (Å²) in [7, 11) is 0. The number of hydrogen-bond donors (Lipinski definition) is 1. The molecule has 1 N–H and O–H groups in total. The largest absolute Gasteiger partial charge is 0.368 e. The topological polar surface area (TPSA) is 78.2 Å². The number of halogens is 1. The number of aromatic nitrogens is 3. The van der Waals surface area contributed by atoms with Crippen LogP contribution < -0.4 is 11.0 Å². The summed E-state index contributed by atoms with van der Waals surface area (Å²) in [5, 5.41) is 7.91. The molecule has 4 rings (SSSR count). The summed E-state index contributed by atoms with van der Waals surface area (Å²) in [6.07, 6.45) is -0.466. The Morgan fingerprint density at radius 3 is 2.72 bits per heavy atom. The molecule has 0 radical (unpaired) electrons. The Morgan fingerprint density at radius 2 is 1.93 bits per heavy atom. The van der Waals surface area contributed by atoms with Crippen LogP contribution in [0.15, 0.2) is 59.4 Å². The van der Waals surface area contributed by atoms with E-state index < -0.39 is 6.10 Å². The van der Waals surface area contributed by atoms with Gasteiger partial charge in [0.25, 0.3) is 0 Å². The van der Waals surface area contributed by atoms with Gasteiger partial charge in [-0.25, -0.2) is 9.48 Å². The van der Waals surface area contributed by atoms with Crippen molar-refractivity contribution >= 4 is 17.5 Å². The highest BCUT2D eigenvalue weighted by atomic mass is 35.5. The van der Waals surface area contributed by atoms with Crippen molar-refractivity contribution in [1.82, 2.24) is 19.7 Å². The van der Waals surface area contributed by atoms with Crippen LogP contribution in [0.4, 0.5) is 0 Å². The number of fused-ring (bicyclic) bond motifs is 1. The van der Waals surface area contributed by atoms with E-state index in [2.05, 4.69) is 10.4 Å². The summed E-state index contributed by atoms with van der Waals surface area (Å²) in [4.78, 5) is 25.1. The zero-order chi connectivity index (χ0) is 20.2. The fourth-order valence-electron chi connectivity index (χ4n) is 3.35. The molecule has 2 heterocycles. The van der Waals surface area contributed by atoms with Gasteiger partial charge in [-0.15, -0.1) is 0 Å². The van der Waals surface area contributed by atoms with E-state index in [1.807, 2.05) is 48.5 Å². The second-order valence-electron chi connectivity index (χ2n) is 6.87. The summed E-state index contributed by atoms with van der Waals surface area (Å²) < 4.78 is 8.77. The van der Waals surface area contributed by atoms with E-state index in [9.17, 15) is 9.59 Å². The molecule has 1 aliphatic heterocycles. The highest BCUT2D eigenvalue weighted by molar-refractivity contribution is 6.31. The molecule has 0 fully saturated rings. The second kappa shape index (κ2) is 8.63. The average Bonchev–Trinajstić information content (AvgIpc) is 3.05. The predicted molar refractivity (Wildman–Crippen MR) is 109 cm³/mol. The van der Waals surface area contributed by atoms with Crippen LogP contribution in [0.2, 0.25) is 5.02 Å². The number of rotatable bonds is 6. The van der Waals surface area contributed by atoms with Crippen LogP contribution in [0.5, 0.6) is 0 Å². The van der Waals surface area contributed by atoms with Gasteiger partial charge in [-0.05, 0) is 17.2 Å². The third-order valence-electron chi connectivity index (χ3n) is 4.85. The van der Waals surface area contributed by atoms with Crippen LogP contribution in [0.3, 0.4) is 0 Å². The minimum absolute atomic E-state index is 0.0895. The molecule has 0 spiro atoms. The van der Waals surface area contributed by atoms with Gasteiger partial charge in [0.05, 0.1) is 26.1 Å². The van der Waals surface area contributed by atoms with Gasteiger partial charge in [0.2, 0.25) is 5.91 Å². The number of carbonyl (C=O) groups is 1. The van der Waals surface area contributed by atoms with Gasteiger partial charge >= 0.3 is 5.69 Å². The molecule has 2 aromatic carbocycles. The minimum atomic E-state index is -0.556. The summed E-state index contributed by atoms with van der Waals surface area (Å²) in [5.41, 5.74) is 1.64. The normalized spacial score (nSPS) is 15.7. The fourth-order valence-corrected chi connectivity index (χ4v) is 3.56. The molecule has 8 heteroatoms. The second-order valence-corrected chi connectivity index (χ2v) is 7.27. The standard InChI is InChI=1S/C21H21ClN4O3/c22-17-9-5-4-8-16(17)13-23-19(27)12-18-20-24-26(14-15-6-2-1-3-7-15)21(28)25(20)10-11-29-18/h1-9,18H,10-14H2,(H,23,27). The van der Waals surface area contributed by atoms with Crippen LogP contribution >= 0.6 is 11.6 Å². The first-order chi connectivity index (χ1) is 14.1. The molecule has 1 aromatic heterocycles. The molecular formula is C21H21ClN4O3. The molecule has 150 valence electrons. The summed E-state index contributed by atoms with van der Waals surface area (Å²) in [6, 6.07) is 17.0. The molecule has 1 amide bonds. The molecule has 3 aromatic rings. The lowest BCUT2D eigenvalue weighted by Crippen LogP contribution is -2.33. The van der Waals surface area contributed by atoms with Crippen LogP contribution in [-0.2, 0) is 29.2 Å². The average molecular weight is 413 g/mol. The van der Waals surface area contributed by atoms with Crippen LogP contribution in [-0.4, -0.2) is 26.9 Å². The van der Waals surface area contributed by atoms with Gasteiger partial charge in [-0.3, -0.25) is 9.36 Å². The maximum Gasteiger partial charge on any atom is 0.346 e. The van der Waals surface area contributed by atoms with Gasteiger partial charge < -0.3 is 10.1 Å². The minimum Gasteiger partial charge on any atom is -0.368 e. The molecule has 1 aliphatic rings. The Balaban J connectivity index is 1.45. The molecule has 0 saturated heterocycles. The zero-order valence-corrected chi connectivity index (χ0v) is 16.5. The molecule has 0 saturated carbocycles. The highest BCUT2D eigenvalue weighted by Crippen LogP contribution is 2.23. The van der Waals surface area contributed by atoms with E-state index in [1.54, 1.807) is 10.6 Å². The van der Waals surface area contributed by atoms with Crippen molar-refractivity contribution in [1.29, 1.82) is 0 Å². The van der Waals surface area contributed by atoms with E-state index in [0.29, 0.717) is 37.1 Å². The first-order valence-corrected chi connectivity index (χ1v) is 9.83. The van der Waals surface area contributed by atoms with E-state index in [-0.39, 0.29) is 18.0 Å². The van der Waals surface area contributed by atoms with Gasteiger partial charge in [0.15, 0.2) is 5.82 Å². The lowest BCUT2D eigenvalue weighted by Gasteiger charge is -2.22. The monoisotopic (exact) mass is 412 g/mol. The summed E-state index contributed by atoms with van der Waals surface area (Å²) >= 11 is 6.13. The molecule has 7 nitrogen and oxygen atoms in total. The number of amides is 1. The maximum absolute atomic E-state index is 12.7. The number of benzene rings is 2. The zero-order valence-electron chi connectivity index (χ0n) is 15.8. The Hall–Kier alpha value is -2.90.